The van der Waals surface area contributed by atoms with Gasteiger partial charge in [-0.15, -0.1) is 0 Å². The van der Waals surface area contributed by atoms with Crippen LogP contribution in [0.4, 0.5) is 0 Å². The Bertz CT molecular complexity index is 561. The van der Waals surface area contributed by atoms with E-state index in [1.807, 2.05) is 6.92 Å². The van der Waals surface area contributed by atoms with Gasteiger partial charge >= 0.3 is 5.97 Å². The summed E-state index contributed by atoms with van der Waals surface area (Å²) in [6.07, 6.45) is -0.161. The maximum absolute atomic E-state index is 12.3. The van der Waals surface area contributed by atoms with Gasteiger partial charge in [0.05, 0.1) is 5.92 Å². The van der Waals surface area contributed by atoms with Crippen LogP contribution in [-0.4, -0.2) is 41.1 Å². The smallest absolute Gasteiger partial charge is 0.308 e. The molecule has 1 aliphatic rings. The van der Waals surface area contributed by atoms with Crippen LogP contribution < -0.4 is 4.74 Å². The van der Waals surface area contributed by atoms with Crippen LogP contribution in [0.25, 0.3) is 0 Å². The second-order valence-electron chi connectivity index (χ2n) is 5.28. The predicted octanol–water partition coefficient (Wildman–Crippen LogP) is 2.35. The number of nitrogens with zero attached hydrogens (tertiary/aromatic N) is 1. The molecule has 0 bridgehead atoms. The first-order valence-electron chi connectivity index (χ1n) is 6.83. The van der Waals surface area contributed by atoms with Gasteiger partial charge in [0.25, 0.3) is 5.91 Å². The number of hydrogen-bond acceptors (Lipinski definition) is 3. The number of carboxylic acids is 1. The number of aliphatic carboxylic acids is 1. The standard InChI is InChI=1S/C15H18ClNO4/c1-9-7-12(16)3-4-13(9)21-10(2)14(18)17-6-5-11(8-17)15(19)20/h3-4,7,10-11H,5-6,8H2,1-2H3,(H,19,20)/t10-,11-/m1/s1. The molecule has 1 heterocycles. The van der Waals surface area contributed by atoms with Crippen molar-refractivity contribution < 1.29 is 19.4 Å². The summed E-state index contributed by atoms with van der Waals surface area (Å²) in [5.41, 5.74) is 0.854. The average molecular weight is 312 g/mol. The van der Waals surface area contributed by atoms with Gasteiger partial charge < -0.3 is 14.7 Å². The van der Waals surface area contributed by atoms with Gasteiger partial charge in [-0.1, -0.05) is 11.6 Å². The Hall–Kier alpha value is -1.75. The molecule has 114 valence electrons. The summed E-state index contributed by atoms with van der Waals surface area (Å²) in [4.78, 5) is 24.8. The zero-order valence-corrected chi connectivity index (χ0v) is 12.8. The van der Waals surface area contributed by atoms with Crippen molar-refractivity contribution in [1.82, 2.24) is 4.90 Å². The van der Waals surface area contributed by atoms with E-state index in [1.54, 1.807) is 30.0 Å². The molecule has 1 aromatic carbocycles. The normalized spacial score (nSPS) is 19.4. The van der Waals surface area contributed by atoms with Gasteiger partial charge in [0.1, 0.15) is 5.75 Å². The van der Waals surface area contributed by atoms with Gasteiger partial charge in [-0.3, -0.25) is 9.59 Å². The first-order chi connectivity index (χ1) is 9.88. The van der Waals surface area contributed by atoms with E-state index in [2.05, 4.69) is 0 Å². The third-order valence-electron chi connectivity index (χ3n) is 3.64. The summed E-state index contributed by atoms with van der Waals surface area (Å²) in [5, 5.41) is 9.58. The number of benzene rings is 1. The maximum atomic E-state index is 12.3. The molecule has 0 aliphatic carbocycles. The molecule has 1 fully saturated rings. The van der Waals surface area contributed by atoms with E-state index >= 15 is 0 Å². The second kappa shape index (κ2) is 6.35. The fourth-order valence-corrected chi connectivity index (χ4v) is 2.63. The van der Waals surface area contributed by atoms with E-state index in [1.165, 1.54) is 0 Å². The van der Waals surface area contributed by atoms with Crippen molar-refractivity contribution >= 4 is 23.5 Å². The first kappa shape index (κ1) is 15.6. The van der Waals surface area contributed by atoms with Crippen molar-refractivity contribution in [1.29, 1.82) is 0 Å². The van der Waals surface area contributed by atoms with E-state index in [9.17, 15) is 9.59 Å². The molecule has 1 N–H and O–H groups in total. The number of aryl methyl sites for hydroxylation is 1. The first-order valence-corrected chi connectivity index (χ1v) is 7.20. The van der Waals surface area contributed by atoms with Crippen LogP contribution in [0, 0.1) is 12.8 Å². The molecule has 2 rings (SSSR count). The third-order valence-corrected chi connectivity index (χ3v) is 3.87. The quantitative estimate of drug-likeness (QED) is 0.927. The van der Waals surface area contributed by atoms with Crippen LogP contribution in [0.15, 0.2) is 18.2 Å². The zero-order chi connectivity index (χ0) is 15.6. The number of amides is 1. The highest BCUT2D eigenvalue weighted by Gasteiger charge is 2.33. The number of carbonyl (C=O) groups is 2. The van der Waals surface area contributed by atoms with Crippen molar-refractivity contribution in [2.24, 2.45) is 5.92 Å². The van der Waals surface area contributed by atoms with Crippen molar-refractivity contribution in [3.8, 4) is 5.75 Å². The number of ether oxygens (including phenoxy) is 1. The molecule has 1 aromatic rings. The van der Waals surface area contributed by atoms with Crippen LogP contribution >= 0.6 is 11.6 Å². The highest BCUT2D eigenvalue weighted by Crippen LogP contribution is 2.24. The molecular formula is C15H18ClNO4. The highest BCUT2D eigenvalue weighted by molar-refractivity contribution is 6.30. The largest absolute Gasteiger partial charge is 0.481 e. The fraction of sp³-hybridized carbons (Fsp3) is 0.467. The number of halogens is 1. The second-order valence-corrected chi connectivity index (χ2v) is 5.71. The molecule has 0 spiro atoms. The predicted molar refractivity (Wildman–Crippen MR) is 78.6 cm³/mol. The van der Waals surface area contributed by atoms with Gasteiger partial charge in [-0.25, -0.2) is 0 Å². The topological polar surface area (TPSA) is 66.8 Å². The lowest BCUT2D eigenvalue weighted by Gasteiger charge is -2.22. The van der Waals surface area contributed by atoms with E-state index < -0.39 is 18.0 Å². The lowest BCUT2D eigenvalue weighted by molar-refractivity contribution is -0.142. The Labute approximate surface area is 128 Å². The number of carboxylic acid groups (broad SMARTS) is 1. The third kappa shape index (κ3) is 3.67. The van der Waals surface area contributed by atoms with Crippen LogP contribution in [0.5, 0.6) is 5.75 Å². The van der Waals surface area contributed by atoms with Crippen LogP contribution in [-0.2, 0) is 9.59 Å². The summed E-state index contributed by atoms with van der Waals surface area (Å²) in [6.45, 7) is 4.24. The molecular weight excluding hydrogens is 294 g/mol. The summed E-state index contributed by atoms with van der Waals surface area (Å²) in [5.74, 6) is -0.909. The highest BCUT2D eigenvalue weighted by atomic mass is 35.5. The van der Waals surface area contributed by atoms with E-state index in [0.717, 1.165) is 5.56 Å². The summed E-state index contributed by atoms with van der Waals surface area (Å²) >= 11 is 5.88. The monoisotopic (exact) mass is 311 g/mol. The minimum Gasteiger partial charge on any atom is -0.481 e. The van der Waals surface area contributed by atoms with Gasteiger partial charge in [0.15, 0.2) is 6.10 Å². The van der Waals surface area contributed by atoms with Gasteiger partial charge in [-0.2, -0.15) is 0 Å². The van der Waals surface area contributed by atoms with E-state index in [0.29, 0.717) is 23.7 Å². The van der Waals surface area contributed by atoms with Crippen molar-refractivity contribution in [2.75, 3.05) is 13.1 Å². The molecule has 0 radical (unpaired) electrons. The molecule has 6 heteroatoms. The number of hydrogen-bond donors (Lipinski definition) is 1. The molecule has 0 unspecified atom stereocenters. The van der Waals surface area contributed by atoms with Crippen LogP contribution in [0.2, 0.25) is 5.02 Å². The Morgan fingerprint density at radius 3 is 2.76 bits per heavy atom. The molecule has 0 saturated carbocycles. The Balaban J connectivity index is 1.98. The molecule has 1 amide bonds. The van der Waals surface area contributed by atoms with Crippen molar-refractivity contribution in [3.05, 3.63) is 28.8 Å². The minimum atomic E-state index is -0.854. The number of carbonyl (C=O) groups excluding carboxylic acids is 1. The van der Waals surface area contributed by atoms with Gasteiger partial charge in [0, 0.05) is 18.1 Å². The molecule has 1 saturated heterocycles. The van der Waals surface area contributed by atoms with E-state index in [-0.39, 0.29) is 12.5 Å². The Kier molecular flexibility index (Phi) is 4.73. The van der Waals surface area contributed by atoms with Gasteiger partial charge in [-0.05, 0) is 44.0 Å². The van der Waals surface area contributed by atoms with E-state index in [4.69, 9.17) is 21.4 Å². The lowest BCUT2D eigenvalue weighted by atomic mass is 10.1. The summed E-state index contributed by atoms with van der Waals surface area (Å²) in [6, 6.07) is 5.20. The minimum absolute atomic E-state index is 0.187. The number of rotatable bonds is 4. The SMILES string of the molecule is Cc1cc(Cl)ccc1O[C@H](C)C(=O)N1CC[C@@H](C(=O)O)C1. The van der Waals surface area contributed by atoms with Gasteiger partial charge in [0.2, 0.25) is 0 Å². The van der Waals surface area contributed by atoms with Crippen LogP contribution in [0.1, 0.15) is 18.9 Å². The number of likely N-dealkylation sites (tertiary alicyclic amines) is 1. The van der Waals surface area contributed by atoms with Crippen LogP contribution in [0.3, 0.4) is 0 Å². The molecule has 5 nitrogen and oxygen atoms in total. The zero-order valence-electron chi connectivity index (χ0n) is 12.0. The van der Waals surface area contributed by atoms with Crippen molar-refractivity contribution in [3.63, 3.8) is 0 Å². The average Bonchev–Trinajstić information content (AvgIpc) is 2.90. The Morgan fingerprint density at radius 1 is 1.48 bits per heavy atom. The summed E-state index contributed by atoms with van der Waals surface area (Å²) in [7, 11) is 0. The maximum Gasteiger partial charge on any atom is 0.308 e. The summed E-state index contributed by atoms with van der Waals surface area (Å²) < 4.78 is 5.67. The molecule has 21 heavy (non-hydrogen) atoms. The molecule has 0 aromatic heterocycles. The molecule has 1 aliphatic heterocycles. The Morgan fingerprint density at radius 2 is 2.19 bits per heavy atom. The fourth-order valence-electron chi connectivity index (χ4n) is 2.41. The van der Waals surface area contributed by atoms with Crippen molar-refractivity contribution in [2.45, 2.75) is 26.4 Å². The molecule has 2 atom stereocenters. The lowest BCUT2D eigenvalue weighted by Crippen LogP contribution is -2.39.